The molecule has 6 rings (SSSR count). The maximum Gasteiger partial charge on any atom is 0.250 e. The summed E-state index contributed by atoms with van der Waals surface area (Å²) in [5, 5.41) is 5.40. The van der Waals surface area contributed by atoms with E-state index in [2.05, 4.69) is 75.3 Å². The van der Waals surface area contributed by atoms with Crippen molar-refractivity contribution in [2.24, 2.45) is 0 Å². The lowest BCUT2D eigenvalue weighted by Gasteiger charge is -2.12. The summed E-state index contributed by atoms with van der Waals surface area (Å²) in [7, 11) is 0. The van der Waals surface area contributed by atoms with E-state index < -0.39 is 0 Å². The minimum atomic E-state index is 0.335. The summed E-state index contributed by atoms with van der Waals surface area (Å²) in [5.74, 6) is 6.62. The molecule has 0 saturated heterocycles. The van der Waals surface area contributed by atoms with Crippen molar-refractivity contribution < 1.29 is 4.74 Å². The predicted molar refractivity (Wildman–Crippen MR) is 141 cm³/mol. The van der Waals surface area contributed by atoms with Gasteiger partial charge in [0.2, 0.25) is 5.88 Å². The molecule has 0 bridgehead atoms. The molecule has 0 radical (unpaired) electrons. The molecular weight excluding hydrogens is 454 g/mol. The van der Waals surface area contributed by atoms with Gasteiger partial charge in [0.25, 0.3) is 0 Å². The number of hydrogen-bond acceptors (Lipinski definition) is 4. The number of pyridine rings is 1. The molecule has 0 fully saturated rings. The zero-order chi connectivity index (χ0) is 23.6. The lowest BCUT2D eigenvalue weighted by molar-refractivity contribution is 0.294. The third kappa shape index (κ3) is 4.26. The van der Waals surface area contributed by atoms with E-state index in [1.165, 1.54) is 21.5 Å². The van der Waals surface area contributed by atoms with E-state index in [4.69, 9.17) is 16.3 Å². The number of ether oxygens (including phenoxy) is 1. The zero-order valence-corrected chi connectivity index (χ0v) is 19.3. The van der Waals surface area contributed by atoms with Crippen molar-refractivity contribution >= 4 is 44.3 Å². The average Bonchev–Trinajstić information content (AvgIpc) is 2.91. The smallest absolute Gasteiger partial charge is 0.250 e. The lowest BCUT2D eigenvalue weighted by Crippen LogP contribution is -2.03. The van der Waals surface area contributed by atoms with Crippen LogP contribution in [0.2, 0.25) is 5.02 Å². The number of fused-ring (bicyclic) bond motifs is 4. The second-order valence-corrected chi connectivity index (χ2v) is 8.51. The number of rotatable bonds is 3. The average molecular weight is 472 g/mol. The fourth-order valence-electron chi connectivity index (χ4n) is 4.13. The Morgan fingerprint density at radius 2 is 1.57 bits per heavy atom. The molecule has 0 amide bonds. The molecule has 4 nitrogen and oxygen atoms in total. The van der Waals surface area contributed by atoms with Gasteiger partial charge < -0.3 is 4.74 Å². The molecule has 0 saturated carbocycles. The molecule has 0 spiro atoms. The largest absolute Gasteiger partial charge is 0.471 e. The van der Waals surface area contributed by atoms with Crippen LogP contribution < -0.4 is 4.74 Å². The third-order valence-corrected chi connectivity index (χ3v) is 6.05. The van der Waals surface area contributed by atoms with Crippen molar-refractivity contribution in [2.75, 3.05) is 0 Å². The Morgan fingerprint density at radius 1 is 0.743 bits per heavy atom. The second-order valence-electron chi connectivity index (χ2n) is 8.07. The Bertz CT molecular complexity index is 1770. The number of nitrogens with zero attached hydrogens (tertiary/aromatic N) is 3. The summed E-state index contributed by atoms with van der Waals surface area (Å²) in [4.78, 5) is 13.7. The molecule has 4 aromatic carbocycles. The maximum atomic E-state index is 6.27. The first-order valence-electron chi connectivity index (χ1n) is 11.2. The van der Waals surface area contributed by atoms with Gasteiger partial charge in [-0.2, -0.15) is 0 Å². The van der Waals surface area contributed by atoms with Gasteiger partial charge in [0, 0.05) is 16.8 Å². The summed E-state index contributed by atoms with van der Waals surface area (Å²) < 4.78 is 6.27. The van der Waals surface area contributed by atoms with Gasteiger partial charge in [0.05, 0.1) is 0 Å². The second kappa shape index (κ2) is 9.06. The summed E-state index contributed by atoms with van der Waals surface area (Å²) in [5.41, 5.74) is 3.52. The van der Waals surface area contributed by atoms with Gasteiger partial charge in [-0.15, -0.1) is 0 Å². The monoisotopic (exact) mass is 471 g/mol. The predicted octanol–water partition coefficient (Wildman–Crippen LogP) is 6.96. The van der Waals surface area contributed by atoms with Crippen molar-refractivity contribution in [3.05, 3.63) is 119 Å². The van der Waals surface area contributed by atoms with E-state index in [0.29, 0.717) is 34.4 Å². The highest BCUT2D eigenvalue weighted by Crippen LogP contribution is 2.29. The number of aromatic nitrogens is 3. The number of hydrogen-bond donors (Lipinski definition) is 0. The first-order chi connectivity index (χ1) is 17.2. The van der Waals surface area contributed by atoms with Crippen LogP contribution in [0, 0.1) is 11.8 Å². The Hall–Kier alpha value is -4.46. The molecule has 166 valence electrons. The van der Waals surface area contributed by atoms with Crippen LogP contribution >= 0.6 is 11.6 Å². The molecule has 6 aromatic rings. The quantitative estimate of drug-likeness (QED) is 0.207. The van der Waals surface area contributed by atoms with E-state index >= 15 is 0 Å². The summed E-state index contributed by atoms with van der Waals surface area (Å²) in [6, 6.07) is 30.0. The van der Waals surface area contributed by atoms with E-state index in [0.717, 1.165) is 11.1 Å². The van der Waals surface area contributed by atoms with Crippen LogP contribution in [0.5, 0.6) is 5.88 Å². The standard InChI is InChI=1S/C30H18ClN3O/c31-24-15-10-20(11-16-24)12-17-27-30(34-26-9-4-18-32-29(26)33-27)35-19-23-7-3-6-22-14-13-21-5-1-2-8-25(21)28(22)23/h1-11,13-16,18H,19H2. The van der Waals surface area contributed by atoms with Crippen LogP contribution in [-0.2, 0) is 6.61 Å². The first kappa shape index (κ1) is 21.1. The SMILES string of the molecule is Clc1ccc(C#Cc2nc3ncccc3nc2OCc2cccc3ccc4ccccc4c23)cc1. The molecule has 2 heterocycles. The van der Waals surface area contributed by atoms with Crippen LogP contribution in [0.1, 0.15) is 16.8 Å². The van der Waals surface area contributed by atoms with E-state index in [-0.39, 0.29) is 0 Å². The molecule has 2 aromatic heterocycles. The van der Waals surface area contributed by atoms with Crippen LogP contribution in [0.15, 0.2) is 97.2 Å². The lowest BCUT2D eigenvalue weighted by atomic mass is 9.98. The Kier molecular flexibility index (Phi) is 5.46. The molecule has 5 heteroatoms. The molecule has 0 atom stereocenters. The summed E-state index contributed by atoms with van der Waals surface area (Å²) in [6.45, 7) is 0.335. The zero-order valence-electron chi connectivity index (χ0n) is 18.6. The van der Waals surface area contributed by atoms with Gasteiger partial charge in [0.15, 0.2) is 11.3 Å². The van der Waals surface area contributed by atoms with Gasteiger partial charge >= 0.3 is 0 Å². The van der Waals surface area contributed by atoms with Crippen molar-refractivity contribution in [3.63, 3.8) is 0 Å². The topological polar surface area (TPSA) is 47.9 Å². The number of benzene rings is 4. The molecule has 0 aliphatic heterocycles. The van der Waals surface area contributed by atoms with Gasteiger partial charge in [-0.1, -0.05) is 72.1 Å². The fourth-order valence-corrected chi connectivity index (χ4v) is 4.25. The van der Waals surface area contributed by atoms with E-state index in [9.17, 15) is 0 Å². The van der Waals surface area contributed by atoms with Crippen molar-refractivity contribution in [1.29, 1.82) is 0 Å². The fraction of sp³-hybridized carbons (Fsp3) is 0.0333. The molecule has 0 aliphatic rings. The molecule has 35 heavy (non-hydrogen) atoms. The first-order valence-corrected chi connectivity index (χ1v) is 11.5. The van der Waals surface area contributed by atoms with E-state index in [1.54, 1.807) is 18.3 Å². The highest BCUT2D eigenvalue weighted by Gasteiger charge is 2.12. The van der Waals surface area contributed by atoms with Crippen molar-refractivity contribution in [2.45, 2.75) is 6.61 Å². The van der Waals surface area contributed by atoms with Crippen LogP contribution in [0.4, 0.5) is 0 Å². The number of halogens is 1. The Labute approximate surface area is 207 Å². The Morgan fingerprint density at radius 3 is 2.49 bits per heavy atom. The summed E-state index contributed by atoms with van der Waals surface area (Å²) in [6.07, 6.45) is 1.69. The van der Waals surface area contributed by atoms with E-state index in [1.807, 2.05) is 30.3 Å². The highest BCUT2D eigenvalue weighted by molar-refractivity contribution is 6.30. The normalized spacial score (nSPS) is 10.9. The molecule has 0 aliphatic carbocycles. The summed E-state index contributed by atoms with van der Waals surface area (Å²) >= 11 is 6.00. The maximum absolute atomic E-state index is 6.27. The minimum Gasteiger partial charge on any atom is -0.471 e. The van der Waals surface area contributed by atoms with Crippen molar-refractivity contribution in [3.8, 4) is 17.7 Å². The van der Waals surface area contributed by atoms with Crippen molar-refractivity contribution in [1.82, 2.24) is 15.0 Å². The highest BCUT2D eigenvalue weighted by atomic mass is 35.5. The van der Waals surface area contributed by atoms with Gasteiger partial charge in [-0.25, -0.2) is 15.0 Å². The molecular formula is C30H18ClN3O. The van der Waals surface area contributed by atoms with Crippen LogP contribution in [-0.4, -0.2) is 15.0 Å². The van der Waals surface area contributed by atoms with Gasteiger partial charge in [-0.3, -0.25) is 0 Å². The molecule has 0 N–H and O–H groups in total. The molecule has 0 unspecified atom stereocenters. The third-order valence-electron chi connectivity index (χ3n) is 5.80. The minimum absolute atomic E-state index is 0.335. The van der Waals surface area contributed by atoms with Gasteiger partial charge in [-0.05, 0) is 69.4 Å². The Balaban J connectivity index is 1.41. The van der Waals surface area contributed by atoms with Crippen LogP contribution in [0.25, 0.3) is 32.7 Å². The van der Waals surface area contributed by atoms with Gasteiger partial charge in [0.1, 0.15) is 12.1 Å². The van der Waals surface area contributed by atoms with Crippen LogP contribution in [0.3, 0.4) is 0 Å².